The summed E-state index contributed by atoms with van der Waals surface area (Å²) < 4.78 is 6.00. The van der Waals surface area contributed by atoms with E-state index in [2.05, 4.69) is 15.9 Å². The molecule has 2 aromatic rings. The Labute approximate surface area is 163 Å². The maximum absolute atomic E-state index is 12.5. The van der Waals surface area contributed by atoms with Crippen LogP contribution in [0.1, 0.15) is 15.9 Å². The largest absolute Gasteiger partial charge is 0.497 e. The fraction of sp³-hybridized carbons (Fsp3) is 0.105. The second-order valence-electron chi connectivity index (χ2n) is 5.47. The first-order valence-electron chi connectivity index (χ1n) is 7.66. The SMILES string of the molecule is COc1cccc(/C=C2/SC(=O)N(CC(=O)c3ccc(Br)cc3)C2=O)c1. The third kappa shape index (κ3) is 4.05. The van der Waals surface area contributed by atoms with Crippen molar-refractivity contribution in [2.45, 2.75) is 0 Å². The van der Waals surface area contributed by atoms with Gasteiger partial charge >= 0.3 is 0 Å². The lowest BCUT2D eigenvalue weighted by molar-refractivity contribution is -0.122. The number of rotatable bonds is 5. The molecule has 0 radical (unpaired) electrons. The minimum atomic E-state index is -0.465. The molecule has 1 aliphatic heterocycles. The Morgan fingerprint density at radius 1 is 1.19 bits per heavy atom. The lowest BCUT2D eigenvalue weighted by Crippen LogP contribution is -2.33. The van der Waals surface area contributed by atoms with Crippen LogP contribution in [-0.2, 0) is 4.79 Å². The molecule has 132 valence electrons. The van der Waals surface area contributed by atoms with Crippen molar-refractivity contribution in [2.75, 3.05) is 13.7 Å². The standard InChI is InChI=1S/C19H14BrNO4S/c1-25-15-4-2-3-12(9-15)10-17-18(23)21(19(24)26-17)11-16(22)13-5-7-14(20)8-6-13/h2-10H,11H2,1H3/b17-10+. The van der Waals surface area contributed by atoms with E-state index in [-0.39, 0.29) is 17.2 Å². The van der Waals surface area contributed by atoms with Crippen molar-refractivity contribution in [3.63, 3.8) is 0 Å². The lowest BCUT2D eigenvalue weighted by Gasteiger charge is -2.11. The summed E-state index contributed by atoms with van der Waals surface area (Å²) in [6.07, 6.45) is 1.62. The van der Waals surface area contributed by atoms with Gasteiger partial charge in [0.1, 0.15) is 5.75 Å². The molecule has 0 spiro atoms. The summed E-state index contributed by atoms with van der Waals surface area (Å²) in [5.74, 6) is -0.0980. The van der Waals surface area contributed by atoms with Crippen LogP contribution < -0.4 is 4.74 Å². The van der Waals surface area contributed by atoms with E-state index < -0.39 is 11.1 Å². The van der Waals surface area contributed by atoms with Crippen molar-refractivity contribution < 1.29 is 19.1 Å². The number of hydrogen-bond acceptors (Lipinski definition) is 5. The Morgan fingerprint density at radius 3 is 2.62 bits per heavy atom. The van der Waals surface area contributed by atoms with Crippen LogP contribution >= 0.6 is 27.7 Å². The molecule has 1 aliphatic rings. The summed E-state index contributed by atoms with van der Waals surface area (Å²) >= 11 is 4.13. The molecule has 0 saturated carbocycles. The Kier molecular flexibility index (Phi) is 5.58. The van der Waals surface area contributed by atoms with Crippen molar-refractivity contribution in [3.05, 3.63) is 69.0 Å². The normalized spacial score (nSPS) is 15.6. The molecule has 0 N–H and O–H groups in total. The Balaban J connectivity index is 1.77. The van der Waals surface area contributed by atoms with Gasteiger partial charge in [-0.15, -0.1) is 0 Å². The highest BCUT2D eigenvalue weighted by Gasteiger charge is 2.36. The van der Waals surface area contributed by atoms with Crippen LogP contribution in [0.2, 0.25) is 0 Å². The summed E-state index contributed by atoms with van der Waals surface area (Å²) in [6, 6.07) is 13.9. The van der Waals surface area contributed by atoms with Crippen molar-refractivity contribution in [2.24, 2.45) is 0 Å². The number of ketones is 1. The van der Waals surface area contributed by atoms with Gasteiger partial charge in [-0.1, -0.05) is 40.2 Å². The maximum Gasteiger partial charge on any atom is 0.293 e. The number of hydrogen-bond donors (Lipinski definition) is 0. The summed E-state index contributed by atoms with van der Waals surface area (Å²) in [4.78, 5) is 38.3. The minimum absolute atomic E-state index is 0.276. The van der Waals surface area contributed by atoms with E-state index in [1.54, 1.807) is 55.7 Å². The van der Waals surface area contributed by atoms with Gasteiger partial charge in [0.05, 0.1) is 18.6 Å². The first-order chi connectivity index (χ1) is 12.5. The molecule has 5 nitrogen and oxygen atoms in total. The first-order valence-corrected chi connectivity index (χ1v) is 9.27. The molecule has 26 heavy (non-hydrogen) atoms. The van der Waals surface area contributed by atoms with Crippen LogP contribution in [0.4, 0.5) is 4.79 Å². The van der Waals surface area contributed by atoms with E-state index in [1.807, 2.05) is 6.07 Å². The van der Waals surface area contributed by atoms with Crippen LogP contribution in [-0.4, -0.2) is 35.5 Å². The van der Waals surface area contributed by atoms with Gasteiger partial charge in [0.15, 0.2) is 5.78 Å². The number of benzene rings is 2. The molecular weight excluding hydrogens is 418 g/mol. The number of carbonyl (C=O) groups excluding carboxylic acids is 3. The lowest BCUT2D eigenvalue weighted by atomic mass is 10.1. The molecule has 0 atom stereocenters. The third-order valence-electron chi connectivity index (χ3n) is 3.73. The smallest absolute Gasteiger partial charge is 0.293 e. The monoisotopic (exact) mass is 431 g/mol. The van der Waals surface area contributed by atoms with E-state index in [9.17, 15) is 14.4 Å². The number of carbonyl (C=O) groups is 3. The molecule has 2 amide bonds. The van der Waals surface area contributed by atoms with Crippen molar-refractivity contribution in [1.29, 1.82) is 0 Å². The zero-order valence-corrected chi connectivity index (χ0v) is 16.2. The van der Waals surface area contributed by atoms with Gasteiger partial charge in [0.25, 0.3) is 11.1 Å². The number of amides is 2. The summed E-state index contributed by atoms with van der Waals surface area (Å²) in [7, 11) is 1.56. The second kappa shape index (κ2) is 7.88. The zero-order chi connectivity index (χ0) is 18.7. The van der Waals surface area contributed by atoms with Crippen LogP contribution in [0.3, 0.4) is 0 Å². The van der Waals surface area contributed by atoms with Gasteiger partial charge in [-0.3, -0.25) is 19.3 Å². The Hall–Kier alpha value is -2.38. The second-order valence-corrected chi connectivity index (χ2v) is 7.38. The third-order valence-corrected chi connectivity index (χ3v) is 5.17. The van der Waals surface area contributed by atoms with Gasteiger partial charge in [-0.25, -0.2) is 0 Å². The molecule has 0 aromatic heterocycles. The predicted octanol–water partition coefficient (Wildman–Crippen LogP) is 4.38. The fourth-order valence-corrected chi connectivity index (χ4v) is 3.49. The zero-order valence-electron chi connectivity index (χ0n) is 13.8. The molecule has 1 heterocycles. The number of ether oxygens (including phenoxy) is 1. The van der Waals surface area contributed by atoms with E-state index in [0.29, 0.717) is 11.3 Å². The van der Waals surface area contributed by atoms with E-state index in [0.717, 1.165) is 26.7 Å². The van der Waals surface area contributed by atoms with E-state index in [4.69, 9.17) is 4.74 Å². The van der Waals surface area contributed by atoms with Crippen LogP contribution in [0.25, 0.3) is 6.08 Å². The Morgan fingerprint density at radius 2 is 1.92 bits per heavy atom. The number of thioether (sulfide) groups is 1. The number of halogens is 1. The summed E-state index contributed by atoms with van der Waals surface area (Å²) in [5.41, 5.74) is 1.19. The van der Waals surface area contributed by atoms with Gasteiger partial charge in [-0.2, -0.15) is 0 Å². The molecule has 1 saturated heterocycles. The first kappa shape index (κ1) is 18.4. The number of Topliss-reactive ketones (excluding diaryl/α,β-unsaturated/α-hetero) is 1. The van der Waals surface area contributed by atoms with Gasteiger partial charge in [-0.05, 0) is 47.7 Å². The average Bonchev–Trinajstić information content (AvgIpc) is 2.90. The summed E-state index contributed by atoms with van der Waals surface area (Å²) in [6.45, 7) is -0.276. The molecule has 0 bridgehead atoms. The fourth-order valence-electron chi connectivity index (χ4n) is 2.39. The molecule has 3 rings (SSSR count). The van der Waals surface area contributed by atoms with Crippen molar-refractivity contribution >= 4 is 50.7 Å². The highest BCUT2D eigenvalue weighted by molar-refractivity contribution is 9.10. The molecule has 0 aliphatic carbocycles. The van der Waals surface area contributed by atoms with E-state index in [1.165, 1.54) is 0 Å². The topological polar surface area (TPSA) is 63.7 Å². The number of methoxy groups -OCH3 is 1. The molecule has 7 heteroatoms. The van der Waals surface area contributed by atoms with Crippen LogP contribution in [0.5, 0.6) is 5.75 Å². The predicted molar refractivity (Wildman–Crippen MR) is 104 cm³/mol. The minimum Gasteiger partial charge on any atom is -0.497 e. The van der Waals surface area contributed by atoms with Crippen LogP contribution in [0.15, 0.2) is 57.9 Å². The quantitative estimate of drug-likeness (QED) is 0.519. The highest BCUT2D eigenvalue weighted by atomic mass is 79.9. The average molecular weight is 432 g/mol. The summed E-state index contributed by atoms with van der Waals surface area (Å²) in [5, 5.41) is -0.449. The molecule has 2 aromatic carbocycles. The molecule has 1 fully saturated rings. The number of nitrogens with zero attached hydrogens (tertiary/aromatic N) is 1. The van der Waals surface area contributed by atoms with Crippen LogP contribution in [0, 0.1) is 0 Å². The van der Waals surface area contributed by atoms with Gasteiger partial charge in [0, 0.05) is 10.0 Å². The number of imide groups is 1. The molecular formula is C19H14BrNO4S. The highest BCUT2D eigenvalue weighted by Crippen LogP contribution is 2.32. The van der Waals surface area contributed by atoms with E-state index >= 15 is 0 Å². The van der Waals surface area contributed by atoms with Gasteiger partial charge < -0.3 is 4.74 Å². The maximum atomic E-state index is 12.5. The molecule has 0 unspecified atom stereocenters. The Bertz CT molecular complexity index is 908. The van der Waals surface area contributed by atoms with Gasteiger partial charge in [0.2, 0.25) is 0 Å². The van der Waals surface area contributed by atoms with Crippen molar-refractivity contribution in [3.8, 4) is 5.75 Å². The van der Waals surface area contributed by atoms with Crippen molar-refractivity contribution in [1.82, 2.24) is 4.90 Å².